The zero-order valence-corrected chi connectivity index (χ0v) is 29.0. The fraction of sp³-hybridized carbons (Fsp3) is 0.816. The molecule has 0 saturated heterocycles. The molecule has 4 atom stereocenters. The van der Waals surface area contributed by atoms with Gasteiger partial charge in [-0.3, -0.25) is 4.79 Å². The highest BCUT2D eigenvalue weighted by molar-refractivity contribution is 5.65. The minimum atomic E-state index is -0.211. The van der Waals surface area contributed by atoms with Crippen molar-refractivity contribution in [2.45, 2.75) is 121 Å². The first-order valence-electron chi connectivity index (χ1n) is 16.9. The highest BCUT2D eigenvalue weighted by Crippen LogP contribution is 2.42. The summed E-state index contributed by atoms with van der Waals surface area (Å²) in [4.78, 5) is 9.82. The minimum absolute atomic E-state index is 0. The van der Waals surface area contributed by atoms with Crippen LogP contribution in [0.1, 0.15) is 120 Å². The molecule has 1 aromatic rings. The SMILES string of the molecule is C.CC(COCCO)C1CCCC(C)(C)C1.CC(COCCOCc1ccccc1)C1CCCC(C)(C)C1.CCOC(C)=O. The number of hydrogen-bond donors (Lipinski definition) is 1. The second-order valence-corrected chi connectivity index (χ2v) is 14.3. The summed E-state index contributed by atoms with van der Waals surface area (Å²) in [7, 11) is 0. The van der Waals surface area contributed by atoms with Crippen LogP contribution in [-0.4, -0.2) is 57.3 Å². The Morgan fingerprint density at radius 1 is 0.841 bits per heavy atom. The van der Waals surface area contributed by atoms with Gasteiger partial charge in [0.1, 0.15) is 0 Å². The molecule has 0 aliphatic heterocycles. The Labute approximate surface area is 272 Å². The van der Waals surface area contributed by atoms with E-state index in [0.29, 0.717) is 55.7 Å². The van der Waals surface area contributed by atoms with E-state index in [-0.39, 0.29) is 20.0 Å². The van der Waals surface area contributed by atoms with Gasteiger partial charge < -0.3 is 24.1 Å². The molecule has 1 aromatic carbocycles. The Morgan fingerprint density at radius 2 is 1.32 bits per heavy atom. The third kappa shape index (κ3) is 20.5. The predicted molar refractivity (Wildman–Crippen MR) is 184 cm³/mol. The molecular weight excluding hydrogens is 552 g/mol. The lowest BCUT2D eigenvalue weighted by molar-refractivity contribution is -0.140. The normalized spacial score (nSPS) is 21.7. The van der Waals surface area contributed by atoms with Gasteiger partial charge in [0.25, 0.3) is 0 Å². The van der Waals surface area contributed by atoms with Crippen molar-refractivity contribution in [3.8, 4) is 0 Å². The highest BCUT2D eigenvalue weighted by atomic mass is 16.5. The molecule has 44 heavy (non-hydrogen) atoms. The van der Waals surface area contributed by atoms with E-state index < -0.39 is 0 Å². The Hall–Kier alpha value is -1.47. The summed E-state index contributed by atoms with van der Waals surface area (Å²) in [6.07, 6.45) is 10.9. The first kappa shape index (κ1) is 42.5. The van der Waals surface area contributed by atoms with Crippen molar-refractivity contribution in [3.05, 3.63) is 35.9 Å². The van der Waals surface area contributed by atoms with Crippen LogP contribution in [0.5, 0.6) is 0 Å². The Morgan fingerprint density at radius 3 is 1.73 bits per heavy atom. The zero-order valence-electron chi connectivity index (χ0n) is 29.0. The Bertz CT molecular complexity index is 824. The number of aliphatic hydroxyl groups excluding tert-OH is 1. The second kappa shape index (κ2) is 23.8. The molecule has 0 heterocycles. The molecule has 1 N–H and O–H groups in total. The van der Waals surface area contributed by atoms with Crippen LogP contribution in [0.25, 0.3) is 0 Å². The van der Waals surface area contributed by atoms with Crippen molar-refractivity contribution in [3.63, 3.8) is 0 Å². The van der Waals surface area contributed by atoms with E-state index in [9.17, 15) is 4.79 Å². The summed E-state index contributed by atoms with van der Waals surface area (Å²) in [5.41, 5.74) is 2.27. The number of benzene rings is 1. The van der Waals surface area contributed by atoms with Crippen LogP contribution in [0.3, 0.4) is 0 Å². The molecule has 0 bridgehead atoms. The lowest BCUT2D eigenvalue weighted by Crippen LogP contribution is -2.28. The second-order valence-electron chi connectivity index (χ2n) is 14.3. The van der Waals surface area contributed by atoms with E-state index in [1.54, 1.807) is 6.92 Å². The standard InChI is InChI=1S/C20H32O2.C13H26O2.C4H8O2.CH4/c1-17(19-10-7-11-20(2,3)14-19)15-21-12-13-22-16-18-8-5-4-6-9-18;1-11(10-15-8-7-14)12-5-4-6-13(2,3)9-12;1-3-6-4(2)5;/h4-6,8-9,17,19H,7,10-16H2,1-3H3;11-12,14H,4-10H2,1-3H3;3H2,1-2H3;1H4. The molecule has 2 aliphatic carbocycles. The van der Waals surface area contributed by atoms with Crippen LogP contribution in [0.15, 0.2) is 30.3 Å². The average molecular weight is 623 g/mol. The van der Waals surface area contributed by atoms with Crippen LogP contribution in [0.4, 0.5) is 0 Å². The van der Waals surface area contributed by atoms with Crippen LogP contribution >= 0.6 is 0 Å². The molecule has 2 saturated carbocycles. The molecule has 3 rings (SSSR count). The highest BCUT2D eigenvalue weighted by Gasteiger charge is 2.31. The molecule has 4 unspecified atom stereocenters. The molecule has 0 radical (unpaired) electrons. The third-order valence-corrected chi connectivity index (χ3v) is 8.92. The molecule has 258 valence electrons. The number of aliphatic hydroxyl groups is 1. The minimum Gasteiger partial charge on any atom is -0.466 e. The smallest absolute Gasteiger partial charge is 0.302 e. The van der Waals surface area contributed by atoms with E-state index in [4.69, 9.17) is 19.3 Å². The zero-order chi connectivity index (χ0) is 32.1. The van der Waals surface area contributed by atoms with Gasteiger partial charge >= 0.3 is 5.97 Å². The number of carbonyl (C=O) groups is 1. The predicted octanol–water partition coefficient (Wildman–Crippen LogP) is 9.13. The number of carbonyl (C=O) groups excluding carboxylic acids is 1. The van der Waals surface area contributed by atoms with Crippen molar-refractivity contribution in [1.29, 1.82) is 0 Å². The summed E-state index contributed by atoms with van der Waals surface area (Å²) in [5.74, 6) is 2.73. The van der Waals surface area contributed by atoms with Gasteiger partial charge in [-0.15, -0.1) is 0 Å². The number of esters is 1. The molecular formula is C38H70O6. The topological polar surface area (TPSA) is 74.2 Å². The van der Waals surface area contributed by atoms with E-state index in [2.05, 4.69) is 58.4 Å². The molecule has 2 fully saturated rings. The van der Waals surface area contributed by atoms with E-state index >= 15 is 0 Å². The number of ether oxygens (including phenoxy) is 4. The fourth-order valence-corrected chi connectivity index (χ4v) is 6.45. The Kier molecular flexibility index (Phi) is 23.0. The van der Waals surface area contributed by atoms with Crippen LogP contribution < -0.4 is 0 Å². The lowest BCUT2D eigenvalue weighted by Gasteiger charge is -2.38. The van der Waals surface area contributed by atoms with Gasteiger partial charge in [-0.25, -0.2) is 0 Å². The van der Waals surface area contributed by atoms with Gasteiger partial charge in [0.05, 0.1) is 39.6 Å². The maximum Gasteiger partial charge on any atom is 0.302 e. The van der Waals surface area contributed by atoms with Gasteiger partial charge in [0, 0.05) is 20.1 Å². The van der Waals surface area contributed by atoms with Crippen LogP contribution in [0.2, 0.25) is 0 Å². The monoisotopic (exact) mass is 623 g/mol. The quantitative estimate of drug-likeness (QED) is 0.165. The first-order chi connectivity index (χ1) is 20.4. The summed E-state index contributed by atoms with van der Waals surface area (Å²) >= 11 is 0. The fourth-order valence-electron chi connectivity index (χ4n) is 6.45. The third-order valence-electron chi connectivity index (χ3n) is 8.92. The summed E-state index contributed by atoms with van der Waals surface area (Å²) in [5, 5.41) is 8.65. The number of rotatable bonds is 14. The van der Waals surface area contributed by atoms with Crippen molar-refractivity contribution < 1.29 is 28.8 Å². The first-order valence-corrected chi connectivity index (χ1v) is 16.9. The van der Waals surface area contributed by atoms with E-state index in [0.717, 1.165) is 25.0 Å². The average Bonchev–Trinajstić information content (AvgIpc) is 2.95. The van der Waals surface area contributed by atoms with Crippen molar-refractivity contribution in [1.82, 2.24) is 0 Å². The summed E-state index contributed by atoms with van der Waals surface area (Å²) in [6.45, 7) is 22.2. The van der Waals surface area contributed by atoms with Crippen molar-refractivity contribution >= 4 is 5.97 Å². The lowest BCUT2D eigenvalue weighted by atomic mass is 9.69. The molecule has 6 nitrogen and oxygen atoms in total. The Balaban J connectivity index is 0.000000729. The van der Waals surface area contributed by atoms with Gasteiger partial charge in [-0.2, -0.15) is 0 Å². The van der Waals surface area contributed by atoms with Crippen LogP contribution in [0, 0.1) is 34.5 Å². The maximum atomic E-state index is 9.82. The van der Waals surface area contributed by atoms with Crippen molar-refractivity contribution in [2.24, 2.45) is 34.5 Å². The summed E-state index contributed by atoms with van der Waals surface area (Å²) < 4.78 is 21.3. The van der Waals surface area contributed by atoms with Crippen molar-refractivity contribution in [2.75, 3.05) is 46.2 Å². The maximum absolute atomic E-state index is 9.82. The van der Waals surface area contributed by atoms with Gasteiger partial charge in [-0.05, 0) is 72.7 Å². The van der Waals surface area contributed by atoms with E-state index in [1.165, 1.54) is 63.9 Å². The largest absolute Gasteiger partial charge is 0.466 e. The molecule has 0 aromatic heterocycles. The molecule has 2 aliphatic rings. The molecule has 0 spiro atoms. The van der Waals surface area contributed by atoms with E-state index in [1.807, 2.05) is 18.2 Å². The number of hydrogen-bond acceptors (Lipinski definition) is 6. The van der Waals surface area contributed by atoms with Crippen LogP contribution in [-0.2, 0) is 30.3 Å². The van der Waals surface area contributed by atoms with Gasteiger partial charge in [-0.1, -0.05) is 105 Å². The summed E-state index contributed by atoms with van der Waals surface area (Å²) in [6, 6.07) is 10.3. The van der Waals surface area contributed by atoms with Gasteiger partial charge in [0.2, 0.25) is 0 Å². The van der Waals surface area contributed by atoms with Gasteiger partial charge in [0.15, 0.2) is 0 Å². The molecule has 0 amide bonds. The molecule has 6 heteroatoms.